The van der Waals surface area contributed by atoms with Crippen LogP contribution in [0.2, 0.25) is 0 Å². The van der Waals surface area contributed by atoms with Crippen molar-refractivity contribution in [1.29, 1.82) is 0 Å². The maximum absolute atomic E-state index is 12.8. The molecule has 2 N–H and O–H groups in total. The predicted molar refractivity (Wildman–Crippen MR) is 118 cm³/mol. The summed E-state index contributed by atoms with van der Waals surface area (Å²) in [4.78, 5) is 26.9. The van der Waals surface area contributed by atoms with Crippen molar-refractivity contribution in [2.75, 3.05) is 19.6 Å². The number of nitrogens with one attached hydrogen (secondary N) is 2. The van der Waals surface area contributed by atoms with Crippen molar-refractivity contribution in [3.8, 4) is 0 Å². The fourth-order valence-corrected chi connectivity index (χ4v) is 4.25. The first kappa shape index (κ1) is 20.5. The van der Waals surface area contributed by atoms with Crippen LogP contribution in [0, 0.1) is 5.92 Å². The molecule has 1 saturated carbocycles. The molecule has 0 spiro atoms. The van der Waals surface area contributed by atoms with Crippen molar-refractivity contribution >= 4 is 11.9 Å². The molecule has 30 heavy (non-hydrogen) atoms. The van der Waals surface area contributed by atoms with E-state index in [0.717, 1.165) is 38.6 Å². The minimum absolute atomic E-state index is 0.0109. The number of hydrogen-bond donors (Lipinski definition) is 2. The van der Waals surface area contributed by atoms with Gasteiger partial charge in [-0.3, -0.25) is 4.79 Å². The van der Waals surface area contributed by atoms with Gasteiger partial charge in [-0.2, -0.15) is 0 Å². The van der Waals surface area contributed by atoms with E-state index in [-0.39, 0.29) is 23.8 Å². The zero-order valence-electron chi connectivity index (χ0n) is 17.4. The second-order valence-electron chi connectivity index (χ2n) is 8.46. The highest BCUT2D eigenvalue weighted by Crippen LogP contribution is 2.27. The van der Waals surface area contributed by atoms with Gasteiger partial charge in [-0.25, -0.2) is 4.79 Å². The average molecular weight is 406 g/mol. The molecule has 0 bridgehead atoms. The summed E-state index contributed by atoms with van der Waals surface area (Å²) in [7, 11) is 0. The van der Waals surface area contributed by atoms with E-state index in [1.165, 1.54) is 11.1 Å². The second-order valence-corrected chi connectivity index (χ2v) is 8.46. The summed E-state index contributed by atoms with van der Waals surface area (Å²) in [6, 6.07) is 21.2. The van der Waals surface area contributed by atoms with Crippen LogP contribution in [0.4, 0.5) is 4.79 Å². The minimum atomic E-state index is -0.115. The van der Waals surface area contributed by atoms with Crippen molar-refractivity contribution in [3.05, 3.63) is 71.8 Å². The van der Waals surface area contributed by atoms with E-state index in [1.807, 2.05) is 17.0 Å². The topological polar surface area (TPSA) is 61.4 Å². The molecule has 5 heteroatoms. The van der Waals surface area contributed by atoms with Crippen molar-refractivity contribution in [1.82, 2.24) is 15.5 Å². The molecule has 2 aromatic rings. The molecule has 1 aliphatic heterocycles. The van der Waals surface area contributed by atoms with Crippen LogP contribution in [0.25, 0.3) is 0 Å². The smallest absolute Gasteiger partial charge is 0.317 e. The van der Waals surface area contributed by atoms with Gasteiger partial charge in [-0.05, 0) is 43.2 Å². The molecule has 2 aromatic carbocycles. The molecule has 1 unspecified atom stereocenters. The van der Waals surface area contributed by atoms with Gasteiger partial charge in [0.25, 0.3) is 0 Å². The van der Waals surface area contributed by atoms with Crippen molar-refractivity contribution in [2.24, 2.45) is 5.92 Å². The minimum Gasteiger partial charge on any atom is -0.356 e. The first-order chi connectivity index (χ1) is 14.7. The van der Waals surface area contributed by atoms with Crippen LogP contribution < -0.4 is 10.6 Å². The molecule has 1 saturated heterocycles. The molecule has 1 aliphatic carbocycles. The summed E-state index contributed by atoms with van der Waals surface area (Å²) in [5, 5.41) is 6.17. The molecular weight excluding hydrogens is 374 g/mol. The standard InChI is InChI=1S/C25H31N3O2/c29-24(21-12-7-17-28(18-21)25(30)27-22-13-14-22)26-16-15-23(19-8-3-1-4-9-19)20-10-5-2-6-11-20/h1-6,8-11,21-23H,7,12-18H2,(H,26,29)(H,27,30). The Morgan fingerprint density at radius 1 is 0.933 bits per heavy atom. The van der Waals surface area contributed by atoms with Gasteiger partial charge in [0.1, 0.15) is 0 Å². The molecule has 4 rings (SSSR count). The van der Waals surface area contributed by atoms with E-state index in [9.17, 15) is 9.59 Å². The monoisotopic (exact) mass is 405 g/mol. The number of nitrogens with zero attached hydrogens (tertiary/aromatic N) is 1. The molecule has 2 fully saturated rings. The van der Waals surface area contributed by atoms with Gasteiger partial charge in [-0.15, -0.1) is 0 Å². The Balaban J connectivity index is 1.31. The summed E-state index contributed by atoms with van der Waals surface area (Å²) in [6.07, 6.45) is 4.73. The number of likely N-dealkylation sites (tertiary alicyclic amines) is 1. The third-order valence-corrected chi connectivity index (χ3v) is 6.12. The number of carbonyl (C=O) groups excluding carboxylic acids is 2. The lowest BCUT2D eigenvalue weighted by Gasteiger charge is -2.32. The van der Waals surface area contributed by atoms with Gasteiger partial charge in [0.2, 0.25) is 5.91 Å². The Bertz CT molecular complexity index is 796. The molecule has 1 atom stereocenters. The number of benzene rings is 2. The summed E-state index contributed by atoms with van der Waals surface area (Å²) in [5.41, 5.74) is 2.53. The van der Waals surface area contributed by atoms with Crippen LogP contribution in [0.3, 0.4) is 0 Å². The summed E-state index contributed by atoms with van der Waals surface area (Å²) in [6.45, 7) is 1.88. The molecule has 0 radical (unpaired) electrons. The number of hydrogen-bond acceptors (Lipinski definition) is 2. The fraction of sp³-hybridized carbons (Fsp3) is 0.440. The number of piperidine rings is 1. The fourth-order valence-electron chi connectivity index (χ4n) is 4.25. The summed E-state index contributed by atoms with van der Waals surface area (Å²) in [5.74, 6) is 0.203. The first-order valence-electron chi connectivity index (χ1n) is 11.1. The average Bonchev–Trinajstić information content (AvgIpc) is 3.62. The Morgan fingerprint density at radius 3 is 2.17 bits per heavy atom. The van der Waals surface area contributed by atoms with Crippen LogP contribution >= 0.6 is 0 Å². The van der Waals surface area contributed by atoms with Gasteiger partial charge in [0.05, 0.1) is 5.92 Å². The zero-order valence-corrected chi connectivity index (χ0v) is 17.4. The van der Waals surface area contributed by atoms with E-state index in [1.54, 1.807) is 0 Å². The molecule has 158 valence electrons. The summed E-state index contributed by atoms with van der Waals surface area (Å²) >= 11 is 0. The maximum atomic E-state index is 12.8. The van der Waals surface area contributed by atoms with Crippen molar-refractivity contribution in [3.63, 3.8) is 0 Å². The van der Waals surface area contributed by atoms with Crippen molar-refractivity contribution < 1.29 is 9.59 Å². The maximum Gasteiger partial charge on any atom is 0.317 e. The lowest BCUT2D eigenvalue weighted by atomic mass is 9.88. The van der Waals surface area contributed by atoms with Crippen molar-refractivity contribution in [2.45, 2.75) is 44.1 Å². The van der Waals surface area contributed by atoms with E-state index in [2.05, 4.69) is 59.2 Å². The predicted octanol–water partition coefficient (Wildman–Crippen LogP) is 3.91. The SMILES string of the molecule is O=C(NCCC(c1ccccc1)c1ccccc1)C1CCCN(C(=O)NC2CC2)C1. The van der Waals surface area contributed by atoms with E-state index in [0.29, 0.717) is 19.1 Å². The summed E-state index contributed by atoms with van der Waals surface area (Å²) < 4.78 is 0. The van der Waals surface area contributed by atoms with E-state index < -0.39 is 0 Å². The number of rotatable bonds is 7. The Hall–Kier alpha value is -2.82. The molecular formula is C25H31N3O2. The highest BCUT2D eigenvalue weighted by atomic mass is 16.2. The molecule has 1 heterocycles. The zero-order chi connectivity index (χ0) is 20.8. The number of urea groups is 1. The Labute approximate surface area is 178 Å². The number of amides is 3. The Kier molecular flexibility index (Phi) is 6.67. The lowest BCUT2D eigenvalue weighted by molar-refractivity contribution is -0.126. The molecule has 5 nitrogen and oxygen atoms in total. The molecule has 3 amide bonds. The van der Waals surface area contributed by atoms with Crippen LogP contribution in [0.15, 0.2) is 60.7 Å². The first-order valence-corrected chi connectivity index (χ1v) is 11.1. The third-order valence-electron chi connectivity index (χ3n) is 6.12. The normalized spacial score (nSPS) is 18.8. The van der Waals surface area contributed by atoms with Gasteiger partial charge in [0.15, 0.2) is 0 Å². The molecule has 0 aromatic heterocycles. The largest absolute Gasteiger partial charge is 0.356 e. The van der Waals surface area contributed by atoms with Gasteiger partial charge in [0, 0.05) is 31.6 Å². The van der Waals surface area contributed by atoms with Crippen LogP contribution in [0.1, 0.15) is 49.1 Å². The van der Waals surface area contributed by atoms with E-state index in [4.69, 9.17) is 0 Å². The van der Waals surface area contributed by atoms with Gasteiger partial charge in [-0.1, -0.05) is 60.7 Å². The van der Waals surface area contributed by atoms with Crippen LogP contribution in [0.5, 0.6) is 0 Å². The van der Waals surface area contributed by atoms with Crippen LogP contribution in [-0.2, 0) is 4.79 Å². The quantitative estimate of drug-likeness (QED) is 0.734. The lowest BCUT2D eigenvalue weighted by Crippen LogP contribution is -2.49. The molecule has 2 aliphatic rings. The van der Waals surface area contributed by atoms with E-state index >= 15 is 0 Å². The Morgan fingerprint density at radius 2 is 1.57 bits per heavy atom. The highest BCUT2D eigenvalue weighted by molar-refractivity contribution is 5.81. The van der Waals surface area contributed by atoms with Gasteiger partial charge < -0.3 is 15.5 Å². The second kappa shape index (κ2) is 9.79. The third kappa shape index (κ3) is 5.41. The number of carbonyl (C=O) groups is 2. The highest BCUT2D eigenvalue weighted by Gasteiger charge is 2.31. The van der Waals surface area contributed by atoms with Crippen LogP contribution in [-0.4, -0.2) is 42.5 Å². The van der Waals surface area contributed by atoms with Gasteiger partial charge >= 0.3 is 6.03 Å².